The van der Waals surface area contributed by atoms with Gasteiger partial charge in [0.05, 0.1) is 19.6 Å². The Hall–Kier alpha value is -3.83. The number of rotatable bonds is 7. The normalized spacial score (nSPS) is 19.6. The second kappa shape index (κ2) is 11.7. The number of carbonyl (C=O) groups excluding carboxylic acids is 2. The molecule has 2 aromatic carbocycles. The molecule has 9 nitrogen and oxygen atoms in total. The second-order valence-electron chi connectivity index (χ2n) is 9.81. The van der Waals surface area contributed by atoms with E-state index in [4.69, 9.17) is 21.1 Å². The molecule has 0 spiro atoms. The van der Waals surface area contributed by atoms with Crippen LogP contribution in [0.4, 0.5) is 14.5 Å². The quantitative estimate of drug-likeness (QED) is 0.465. The van der Waals surface area contributed by atoms with E-state index in [2.05, 4.69) is 10.3 Å². The standard InChI is InChI=1S/C28H27ClF2N4O5/c1-39-19-10-21(30)24(22(31)11-19)20-14-35(28(38)25(20)33-26(36)17-2-4-18(29)5-3-17)23-12-32-15-34(27(23)37)13-16-6-8-40-9-7-16/h2-5,10-12,15-16,20,25H,6-9,13-14H2,1H3,(H,33,36)/t20-,25?/m0/s1. The van der Waals surface area contributed by atoms with Crippen LogP contribution in [0, 0.1) is 17.6 Å². The largest absolute Gasteiger partial charge is 0.497 e. The van der Waals surface area contributed by atoms with Crippen molar-refractivity contribution in [2.24, 2.45) is 5.92 Å². The third kappa shape index (κ3) is 5.57. The summed E-state index contributed by atoms with van der Waals surface area (Å²) in [7, 11) is 1.28. The molecule has 2 saturated heterocycles. The molecule has 0 radical (unpaired) electrons. The maximum absolute atomic E-state index is 15.2. The molecule has 0 saturated carbocycles. The number of aromatic nitrogens is 2. The van der Waals surface area contributed by atoms with E-state index in [0.717, 1.165) is 29.9 Å². The fourth-order valence-corrected chi connectivity index (χ4v) is 5.32. The lowest BCUT2D eigenvalue weighted by atomic mass is 9.92. The zero-order valence-corrected chi connectivity index (χ0v) is 22.4. The van der Waals surface area contributed by atoms with Crippen molar-refractivity contribution in [2.45, 2.75) is 31.3 Å². The highest BCUT2D eigenvalue weighted by atomic mass is 35.5. The number of ether oxygens (including phenoxy) is 2. The predicted molar refractivity (Wildman–Crippen MR) is 143 cm³/mol. The number of amides is 2. The molecule has 2 fully saturated rings. The third-order valence-corrected chi connectivity index (χ3v) is 7.59. The molecule has 0 aliphatic carbocycles. The first-order valence-corrected chi connectivity index (χ1v) is 13.2. The fraction of sp³-hybridized carbons (Fsp3) is 0.357. The summed E-state index contributed by atoms with van der Waals surface area (Å²) in [5.74, 6) is -4.19. The van der Waals surface area contributed by atoms with E-state index < -0.39 is 46.5 Å². The Bertz CT molecular complexity index is 1450. The molecule has 2 aliphatic rings. The Morgan fingerprint density at radius 3 is 2.48 bits per heavy atom. The van der Waals surface area contributed by atoms with Gasteiger partial charge < -0.3 is 19.7 Å². The Kier molecular flexibility index (Phi) is 8.13. The topological polar surface area (TPSA) is 103 Å². The number of benzene rings is 2. The van der Waals surface area contributed by atoms with Gasteiger partial charge >= 0.3 is 0 Å². The van der Waals surface area contributed by atoms with Crippen LogP contribution < -0.4 is 20.5 Å². The van der Waals surface area contributed by atoms with Gasteiger partial charge in [-0.05, 0) is 43.0 Å². The van der Waals surface area contributed by atoms with Crippen LogP contribution in [0.5, 0.6) is 5.75 Å². The summed E-state index contributed by atoms with van der Waals surface area (Å²) in [5.41, 5.74) is -0.703. The summed E-state index contributed by atoms with van der Waals surface area (Å²) in [6.45, 7) is 1.34. The zero-order chi connectivity index (χ0) is 28.4. The van der Waals surface area contributed by atoms with Crippen molar-refractivity contribution in [1.29, 1.82) is 0 Å². The summed E-state index contributed by atoms with van der Waals surface area (Å²) in [4.78, 5) is 45.6. The van der Waals surface area contributed by atoms with Gasteiger partial charge in [0, 0.05) is 60.5 Å². The van der Waals surface area contributed by atoms with Crippen molar-refractivity contribution in [3.8, 4) is 5.75 Å². The molecule has 0 bridgehead atoms. The summed E-state index contributed by atoms with van der Waals surface area (Å²) in [6, 6.07) is 6.60. The van der Waals surface area contributed by atoms with Crippen LogP contribution in [0.2, 0.25) is 5.02 Å². The lowest BCUT2D eigenvalue weighted by molar-refractivity contribution is -0.118. The maximum atomic E-state index is 15.2. The molecule has 2 atom stereocenters. The van der Waals surface area contributed by atoms with Gasteiger partial charge in [-0.25, -0.2) is 13.8 Å². The lowest BCUT2D eigenvalue weighted by Crippen LogP contribution is -2.44. The Labute approximate surface area is 233 Å². The highest BCUT2D eigenvalue weighted by Gasteiger charge is 2.46. The van der Waals surface area contributed by atoms with Crippen molar-refractivity contribution >= 4 is 29.1 Å². The first kappa shape index (κ1) is 27.7. The van der Waals surface area contributed by atoms with Crippen LogP contribution in [0.15, 0.2) is 53.7 Å². The second-order valence-corrected chi connectivity index (χ2v) is 10.2. The van der Waals surface area contributed by atoms with E-state index >= 15 is 8.78 Å². The molecule has 1 N–H and O–H groups in total. The van der Waals surface area contributed by atoms with E-state index in [-0.39, 0.29) is 29.5 Å². The summed E-state index contributed by atoms with van der Waals surface area (Å²) < 4.78 is 42.2. The van der Waals surface area contributed by atoms with E-state index in [1.165, 1.54) is 48.5 Å². The summed E-state index contributed by atoms with van der Waals surface area (Å²) in [6.07, 6.45) is 4.23. The molecule has 3 aromatic rings. The summed E-state index contributed by atoms with van der Waals surface area (Å²) >= 11 is 5.92. The number of hydrogen-bond acceptors (Lipinski definition) is 6. The third-order valence-electron chi connectivity index (χ3n) is 7.34. The highest BCUT2D eigenvalue weighted by molar-refractivity contribution is 6.30. The molecule has 2 aliphatic heterocycles. The van der Waals surface area contributed by atoms with Crippen molar-refractivity contribution in [3.05, 3.63) is 87.1 Å². The van der Waals surface area contributed by atoms with Gasteiger partial charge in [-0.2, -0.15) is 0 Å². The van der Waals surface area contributed by atoms with Crippen molar-refractivity contribution in [2.75, 3.05) is 31.8 Å². The van der Waals surface area contributed by atoms with Gasteiger partial charge in [0.2, 0.25) is 5.91 Å². The molecule has 3 heterocycles. The molecule has 5 rings (SSSR count). The number of nitrogens with one attached hydrogen (secondary N) is 1. The van der Waals surface area contributed by atoms with Crippen LogP contribution in [0.25, 0.3) is 0 Å². The number of methoxy groups -OCH3 is 1. The molecule has 1 unspecified atom stereocenters. The molecule has 210 valence electrons. The number of hydrogen-bond donors (Lipinski definition) is 1. The zero-order valence-electron chi connectivity index (χ0n) is 21.6. The van der Waals surface area contributed by atoms with Gasteiger partial charge in [-0.15, -0.1) is 0 Å². The van der Waals surface area contributed by atoms with E-state index in [9.17, 15) is 14.4 Å². The SMILES string of the molecule is COc1cc(F)c([C@@H]2CN(c3cncn(CC4CCOCC4)c3=O)C(=O)C2NC(=O)c2ccc(Cl)cc2)c(F)c1. The molecule has 2 amide bonds. The van der Waals surface area contributed by atoms with Gasteiger partial charge in [-0.3, -0.25) is 19.0 Å². The van der Waals surface area contributed by atoms with E-state index in [1.54, 1.807) is 0 Å². The predicted octanol–water partition coefficient (Wildman–Crippen LogP) is 3.54. The van der Waals surface area contributed by atoms with Gasteiger partial charge in [-0.1, -0.05) is 11.6 Å². The minimum Gasteiger partial charge on any atom is -0.497 e. The Balaban J connectivity index is 1.50. The first-order chi connectivity index (χ1) is 19.3. The highest BCUT2D eigenvalue weighted by Crippen LogP contribution is 2.36. The van der Waals surface area contributed by atoms with E-state index in [0.29, 0.717) is 24.8 Å². The number of nitrogens with zero attached hydrogens (tertiary/aromatic N) is 3. The first-order valence-electron chi connectivity index (χ1n) is 12.8. The molecule has 12 heteroatoms. The van der Waals surface area contributed by atoms with Crippen LogP contribution in [0.3, 0.4) is 0 Å². The van der Waals surface area contributed by atoms with Gasteiger partial charge in [0.25, 0.3) is 11.5 Å². The van der Waals surface area contributed by atoms with Crippen LogP contribution >= 0.6 is 11.6 Å². The van der Waals surface area contributed by atoms with Gasteiger partial charge in [0.1, 0.15) is 29.1 Å². The maximum Gasteiger partial charge on any atom is 0.277 e. The molecule has 40 heavy (non-hydrogen) atoms. The summed E-state index contributed by atoms with van der Waals surface area (Å²) in [5, 5.41) is 3.03. The minimum atomic E-state index is -1.37. The number of halogens is 3. The minimum absolute atomic E-state index is 0.0371. The Morgan fingerprint density at radius 1 is 1.15 bits per heavy atom. The monoisotopic (exact) mass is 572 g/mol. The smallest absolute Gasteiger partial charge is 0.277 e. The van der Waals surface area contributed by atoms with Crippen molar-refractivity contribution < 1.29 is 27.8 Å². The van der Waals surface area contributed by atoms with Crippen LogP contribution in [-0.4, -0.2) is 54.3 Å². The molecular formula is C28H27ClF2N4O5. The fourth-order valence-electron chi connectivity index (χ4n) is 5.19. The average molecular weight is 573 g/mol. The van der Waals surface area contributed by atoms with Crippen molar-refractivity contribution in [3.63, 3.8) is 0 Å². The lowest BCUT2D eigenvalue weighted by Gasteiger charge is -2.23. The van der Waals surface area contributed by atoms with E-state index in [1.807, 2.05) is 0 Å². The van der Waals surface area contributed by atoms with Crippen LogP contribution in [0.1, 0.15) is 34.7 Å². The van der Waals surface area contributed by atoms with Gasteiger partial charge in [0.15, 0.2) is 0 Å². The average Bonchev–Trinajstić information content (AvgIpc) is 3.25. The number of anilines is 1. The number of carbonyl (C=O) groups is 2. The Morgan fingerprint density at radius 2 is 1.82 bits per heavy atom. The molecule has 1 aromatic heterocycles. The van der Waals surface area contributed by atoms with Crippen LogP contribution in [-0.2, 0) is 16.1 Å². The van der Waals surface area contributed by atoms with Crippen molar-refractivity contribution in [1.82, 2.24) is 14.9 Å². The molecular weight excluding hydrogens is 546 g/mol.